The van der Waals surface area contributed by atoms with Crippen molar-refractivity contribution in [1.82, 2.24) is 0 Å². The van der Waals surface area contributed by atoms with Crippen LogP contribution in [0.4, 0.5) is 11.4 Å². The molecular formula is C15H22N2O2. The maximum atomic E-state index is 11.0. The SMILES string of the molecule is CCCCCC(C)C1CNc2c1cccc2[N+](=O)[O-]. The van der Waals surface area contributed by atoms with E-state index in [4.69, 9.17) is 0 Å². The average molecular weight is 262 g/mol. The number of para-hydroxylation sites is 1. The van der Waals surface area contributed by atoms with Gasteiger partial charge in [-0.2, -0.15) is 0 Å². The quantitative estimate of drug-likeness (QED) is 0.472. The molecule has 1 N–H and O–H groups in total. The highest BCUT2D eigenvalue weighted by Crippen LogP contribution is 2.42. The highest BCUT2D eigenvalue weighted by molar-refractivity contribution is 5.70. The zero-order valence-electron chi connectivity index (χ0n) is 11.7. The van der Waals surface area contributed by atoms with Crippen LogP contribution in [0.5, 0.6) is 0 Å². The second-order valence-electron chi connectivity index (χ2n) is 5.46. The molecule has 1 aliphatic rings. The Hall–Kier alpha value is -1.58. The largest absolute Gasteiger partial charge is 0.379 e. The first-order chi connectivity index (χ1) is 9.15. The Morgan fingerprint density at radius 2 is 2.26 bits per heavy atom. The lowest BCUT2D eigenvalue weighted by Gasteiger charge is -2.19. The van der Waals surface area contributed by atoms with Crippen LogP contribution < -0.4 is 5.32 Å². The number of rotatable bonds is 6. The summed E-state index contributed by atoms with van der Waals surface area (Å²) < 4.78 is 0. The summed E-state index contributed by atoms with van der Waals surface area (Å²) in [6.45, 7) is 5.30. The van der Waals surface area contributed by atoms with Gasteiger partial charge in [0.15, 0.2) is 0 Å². The Balaban J connectivity index is 2.13. The normalized spacial score (nSPS) is 18.7. The van der Waals surface area contributed by atoms with E-state index < -0.39 is 0 Å². The van der Waals surface area contributed by atoms with Gasteiger partial charge < -0.3 is 5.32 Å². The van der Waals surface area contributed by atoms with Gasteiger partial charge in [-0.05, 0) is 11.5 Å². The van der Waals surface area contributed by atoms with Gasteiger partial charge in [0.05, 0.1) is 4.92 Å². The van der Waals surface area contributed by atoms with Gasteiger partial charge >= 0.3 is 0 Å². The fraction of sp³-hybridized carbons (Fsp3) is 0.600. The summed E-state index contributed by atoms with van der Waals surface area (Å²) in [6, 6.07) is 5.41. The number of hydrogen-bond acceptors (Lipinski definition) is 3. The minimum atomic E-state index is -0.296. The van der Waals surface area contributed by atoms with E-state index in [2.05, 4.69) is 19.2 Å². The van der Waals surface area contributed by atoms with E-state index >= 15 is 0 Å². The molecule has 104 valence electrons. The fourth-order valence-corrected chi connectivity index (χ4v) is 2.96. The van der Waals surface area contributed by atoms with Gasteiger partial charge in [0.25, 0.3) is 5.69 Å². The summed E-state index contributed by atoms with van der Waals surface area (Å²) in [5, 5.41) is 14.2. The molecule has 1 aromatic rings. The minimum Gasteiger partial charge on any atom is -0.379 e. The molecule has 0 amide bonds. The first-order valence-electron chi connectivity index (χ1n) is 7.16. The molecule has 2 atom stereocenters. The molecule has 4 nitrogen and oxygen atoms in total. The van der Waals surface area contributed by atoms with E-state index in [1.165, 1.54) is 25.7 Å². The van der Waals surface area contributed by atoms with Crippen molar-refractivity contribution in [3.05, 3.63) is 33.9 Å². The fourth-order valence-electron chi connectivity index (χ4n) is 2.96. The number of benzene rings is 1. The lowest BCUT2D eigenvalue weighted by molar-refractivity contribution is -0.383. The van der Waals surface area contributed by atoms with Gasteiger partial charge in [-0.15, -0.1) is 0 Å². The van der Waals surface area contributed by atoms with Crippen LogP contribution in [0.15, 0.2) is 18.2 Å². The van der Waals surface area contributed by atoms with Crippen molar-refractivity contribution < 1.29 is 4.92 Å². The Kier molecular flexibility index (Phi) is 4.40. The van der Waals surface area contributed by atoms with Crippen LogP contribution in [0.2, 0.25) is 0 Å². The molecule has 4 heteroatoms. The van der Waals surface area contributed by atoms with Gasteiger partial charge in [-0.3, -0.25) is 10.1 Å². The lowest BCUT2D eigenvalue weighted by atomic mass is 9.85. The zero-order valence-corrected chi connectivity index (χ0v) is 11.7. The van der Waals surface area contributed by atoms with Crippen LogP contribution in [0.1, 0.15) is 51.0 Å². The Morgan fingerprint density at radius 1 is 1.47 bits per heavy atom. The molecule has 1 aliphatic heterocycles. The first-order valence-corrected chi connectivity index (χ1v) is 7.16. The molecule has 0 bridgehead atoms. The van der Waals surface area contributed by atoms with E-state index in [9.17, 15) is 10.1 Å². The van der Waals surface area contributed by atoms with Gasteiger partial charge in [-0.1, -0.05) is 51.7 Å². The third kappa shape index (κ3) is 2.88. The van der Waals surface area contributed by atoms with Crippen LogP contribution >= 0.6 is 0 Å². The molecule has 0 aromatic heterocycles. The Bertz CT molecular complexity index is 459. The van der Waals surface area contributed by atoms with Crippen molar-refractivity contribution in [3.63, 3.8) is 0 Å². The van der Waals surface area contributed by atoms with Gasteiger partial charge in [-0.25, -0.2) is 0 Å². The molecule has 0 spiro atoms. The number of nitrogens with one attached hydrogen (secondary N) is 1. The molecule has 0 saturated heterocycles. The van der Waals surface area contributed by atoms with Gasteiger partial charge in [0.2, 0.25) is 0 Å². The highest BCUT2D eigenvalue weighted by atomic mass is 16.6. The molecular weight excluding hydrogens is 240 g/mol. The van der Waals surface area contributed by atoms with Crippen molar-refractivity contribution >= 4 is 11.4 Å². The number of nitro benzene ring substituents is 1. The number of fused-ring (bicyclic) bond motifs is 1. The summed E-state index contributed by atoms with van der Waals surface area (Å²) in [5.41, 5.74) is 2.07. The minimum absolute atomic E-state index is 0.209. The van der Waals surface area contributed by atoms with Crippen molar-refractivity contribution in [2.45, 2.75) is 45.4 Å². The Morgan fingerprint density at radius 3 is 2.95 bits per heavy atom. The lowest BCUT2D eigenvalue weighted by Crippen LogP contribution is -2.12. The topological polar surface area (TPSA) is 55.2 Å². The van der Waals surface area contributed by atoms with Crippen LogP contribution in [-0.4, -0.2) is 11.5 Å². The van der Waals surface area contributed by atoms with Gasteiger partial charge in [0.1, 0.15) is 5.69 Å². The second-order valence-corrected chi connectivity index (χ2v) is 5.46. The maximum absolute atomic E-state index is 11.0. The third-order valence-corrected chi connectivity index (χ3v) is 4.12. The van der Waals surface area contributed by atoms with E-state index in [0.717, 1.165) is 17.8 Å². The molecule has 0 radical (unpaired) electrons. The van der Waals surface area contributed by atoms with Crippen molar-refractivity contribution in [2.75, 3.05) is 11.9 Å². The standard InChI is InChI=1S/C15H22N2O2/c1-3-4-5-7-11(2)13-10-16-15-12(13)8-6-9-14(15)17(18)19/h6,8-9,11,13,16H,3-5,7,10H2,1-2H3. The molecule has 1 heterocycles. The van der Waals surface area contributed by atoms with Crippen LogP contribution in [0.3, 0.4) is 0 Å². The van der Waals surface area contributed by atoms with Crippen LogP contribution in [-0.2, 0) is 0 Å². The summed E-state index contributed by atoms with van der Waals surface area (Å²) >= 11 is 0. The molecule has 0 fully saturated rings. The second kappa shape index (κ2) is 6.04. The van der Waals surface area contributed by atoms with E-state index in [1.807, 2.05) is 6.07 Å². The number of nitrogens with zero attached hydrogens (tertiary/aromatic N) is 1. The molecule has 1 aromatic carbocycles. The van der Waals surface area contributed by atoms with E-state index in [-0.39, 0.29) is 10.6 Å². The summed E-state index contributed by atoms with van der Waals surface area (Å²) in [6.07, 6.45) is 4.95. The predicted octanol–water partition coefficient (Wildman–Crippen LogP) is 4.32. The molecule has 2 rings (SSSR count). The van der Waals surface area contributed by atoms with Crippen LogP contribution in [0.25, 0.3) is 0 Å². The Labute approximate surface area is 114 Å². The molecule has 19 heavy (non-hydrogen) atoms. The number of hydrogen-bond donors (Lipinski definition) is 1. The van der Waals surface area contributed by atoms with E-state index in [1.54, 1.807) is 12.1 Å². The summed E-state index contributed by atoms with van der Waals surface area (Å²) in [5.74, 6) is 0.981. The molecule has 0 saturated carbocycles. The monoisotopic (exact) mass is 262 g/mol. The van der Waals surface area contributed by atoms with Crippen molar-refractivity contribution in [1.29, 1.82) is 0 Å². The zero-order chi connectivity index (χ0) is 13.8. The maximum Gasteiger partial charge on any atom is 0.292 e. The highest BCUT2D eigenvalue weighted by Gasteiger charge is 2.31. The van der Waals surface area contributed by atoms with Crippen LogP contribution in [0, 0.1) is 16.0 Å². The molecule has 0 aliphatic carbocycles. The first kappa shape index (κ1) is 13.8. The van der Waals surface area contributed by atoms with Crippen molar-refractivity contribution in [3.8, 4) is 0 Å². The number of unbranched alkanes of at least 4 members (excludes halogenated alkanes) is 2. The third-order valence-electron chi connectivity index (χ3n) is 4.12. The number of anilines is 1. The summed E-state index contributed by atoms with van der Waals surface area (Å²) in [7, 11) is 0. The van der Waals surface area contributed by atoms with Crippen molar-refractivity contribution in [2.24, 2.45) is 5.92 Å². The average Bonchev–Trinajstić information content (AvgIpc) is 2.82. The van der Waals surface area contributed by atoms with Gasteiger partial charge in [0, 0.05) is 18.5 Å². The van der Waals surface area contributed by atoms with E-state index in [0.29, 0.717) is 11.8 Å². The smallest absolute Gasteiger partial charge is 0.292 e. The summed E-state index contributed by atoms with van der Waals surface area (Å²) in [4.78, 5) is 10.7. The predicted molar refractivity (Wildman–Crippen MR) is 77.6 cm³/mol. The number of nitro groups is 1. The molecule has 2 unspecified atom stereocenters.